The minimum atomic E-state index is -0.693. The van der Waals surface area contributed by atoms with Crippen molar-refractivity contribution in [2.24, 2.45) is 0 Å². The third-order valence-corrected chi connectivity index (χ3v) is 5.81. The number of anilines is 1. The number of aromatic nitrogens is 1. The fraction of sp³-hybridized carbons (Fsp3) is 0.190. The van der Waals surface area contributed by atoms with Crippen molar-refractivity contribution in [3.63, 3.8) is 0 Å². The van der Waals surface area contributed by atoms with Gasteiger partial charge in [-0.15, -0.1) is 11.3 Å². The van der Waals surface area contributed by atoms with E-state index in [0.717, 1.165) is 6.07 Å². The van der Waals surface area contributed by atoms with Crippen LogP contribution in [0.2, 0.25) is 5.02 Å². The van der Waals surface area contributed by atoms with E-state index in [1.165, 1.54) is 35.6 Å². The van der Waals surface area contributed by atoms with Crippen LogP contribution < -0.4 is 10.6 Å². The predicted octanol–water partition coefficient (Wildman–Crippen LogP) is 5.24. The summed E-state index contributed by atoms with van der Waals surface area (Å²) >= 11 is 7.14. The van der Waals surface area contributed by atoms with E-state index >= 15 is 0 Å². The van der Waals surface area contributed by atoms with E-state index in [1.807, 2.05) is 0 Å². The first-order valence-corrected chi connectivity index (χ1v) is 10.6. The number of nitrogens with one attached hydrogen (secondary N) is 2. The SMILES string of the molecule is O=C(N[C@H]1CCc2c(C(=O)Nc3ccc(F)c(Cl)c3)ccc(F)c21)OCc1cscn1. The molecule has 0 spiro atoms. The third kappa shape index (κ3) is 4.67. The molecule has 0 saturated heterocycles. The summed E-state index contributed by atoms with van der Waals surface area (Å²) in [6, 6.07) is 5.77. The van der Waals surface area contributed by atoms with Crippen molar-refractivity contribution in [1.82, 2.24) is 10.3 Å². The van der Waals surface area contributed by atoms with Gasteiger partial charge in [0.05, 0.1) is 22.3 Å². The molecular weight excluding hydrogens is 448 g/mol. The first-order chi connectivity index (χ1) is 14.9. The lowest BCUT2D eigenvalue weighted by Crippen LogP contribution is -2.28. The molecule has 1 atom stereocenters. The number of thiazole rings is 1. The zero-order chi connectivity index (χ0) is 22.0. The largest absolute Gasteiger partial charge is 0.443 e. The highest BCUT2D eigenvalue weighted by Crippen LogP contribution is 2.36. The van der Waals surface area contributed by atoms with E-state index < -0.39 is 29.7 Å². The zero-order valence-electron chi connectivity index (χ0n) is 16.0. The van der Waals surface area contributed by atoms with Crippen molar-refractivity contribution in [3.8, 4) is 0 Å². The molecule has 1 aromatic heterocycles. The predicted molar refractivity (Wildman–Crippen MR) is 112 cm³/mol. The van der Waals surface area contributed by atoms with Crippen LogP contribution in [0.5, 0.6) is 0 Å². The summed E-state index contributed by atoms with van der Waals surface area (Å²) in [6.45, 7) is 0.0140. The number of ether oxygens (including phenoxy) is 1. The van der Waals surface area contributed by atoms with Gasteiger partial charge in [0.2, 0.25) is 0 Å². The Labute approximate surface area is 185 Å². The first-order valence-electron chi connectivity index (χ1n) is 9.30. The molecule has 2 N–H and O–H groups in total. The van der Waals surface area contributed by atoms with Crippen molar-refractivity contribution in [2.75, 3.05) is 5.32 Å². The normalized spacial score (nSPS) is 14.7. The molecular formula is C21H16ClF2N3O3S. The second-order valence-electron chi connectivity index (χ2n) is 6.86. The second kappa shape index (κ2) is 8.99. The molecule has 0 aliphatic heterocycles. The molecule has 1 heterocycles. The van der Waals surface area contributed by atoms with E-state index in [4.69, 9.17) is 16.3 Å². The molecule has 2 aromatic carbocycles. The highest BCUT2D eigenvalue weighted by molar-refractivity contribution is 7.07. The first kappa shape index (κ1) is 21.2. The van der Waals surface area contributed by atoms with Crippen molar-refractivity contribution in [1.29, 1.82) is 0 Å². The Morgan fingerprint density at radius 1 is 1.23 bits per heavy atom. The number of carbonyl (C=O) groups is 2. The lowest BCUT2D eigenvalue weighted by molar-refractivity contribution is 0.102. The summed E-state index contributed by atoms with van der Waals surface area (Å²) in [6.07, 6.45) is 0.128. The molecule has 1 aliphatic carbocycles. The van der Waals surface area contributed by atoms with E-state index in [1.54, 1.807) is 10.9 Å². The van der Waals surface area contributed by atoms with Crippen LogP contribution in [0.1, 0.15) is 39.6 Å². The number of alkyl carbamates (subject to hydrolysis) is 1. The summed E-state index contributed by atoms with van der Waals surface area (Å²) in [5.74, 6) is -1.60. The van der Waals surface area contributed by atoms with Gasteiger partial charge in [0.1, 0.15) is 18.2 Å². The molecule has 10 heteroatoms. The van der Waals surface area contributed by atoms with Gasteiger partial charge in [0.15, 0.2) is 0 Å². The number of rotatable bonds is 5. The maximum atomic E-state index is 14.6. The van der Waals surface area contributed by atoms with Crippen LogP contribution in [0, 0.1) is 11.6 Å². The Morgan fingerprint density at radius 3 is 2.77 bits per heavy atom. The molecule has 1 aliphatic rings. The highest BCUT2D eigenvalue weighted by atomic mass is 35.5. The van der Waals surface area contributed by atoms with Crippen LogP contribution in [-0.4, -0.2) is 17.0 Å². The van der Waals surface area contributed by atoms with E-state index in [9.17, 15) is 18.4 Å². The van der Waals surface area contributed by atoms with Crippen LogP contribution in [-0.2, 0) is 17.8 Å². The van der Waals surface area contributed by atoms with E-state index in [2.05, 4.69) is 15.6 Å². The monoisotopic (exact) mass is 463 g/mol. The van der Waals surface area contributed by atoms with Gasteiger partial charge >= 0.3 is 6.09 Å². The Kier molecular flexibility index (Phi) is 6.15. The molecule has 0 bridgehead atoms. The van der Waals surface area contributed by atoms with Gasteiger partial charge in [0.25, 0.3) is 5.91 Å². The minimum absolute atomic E-state index is 0.0140. The molecule has 2 amide bonds. The van der Waals surface area contributed by atoms with Crippen LogP contribution in [0.4, 0.5) is 19.3 Å². The number of nitrogens with zero attached hydrogens (tertiary/aromatic N) is 1. The van der Waals surface area contributed by atoms with Gasteiger partial charge in [-0.1, -0.05) is 11.6 Å². The van der Waals surface area contributed by atoms with Crippen molar-refractivity contribution >= 4 is 40.6 Å². The number of hydrogen-bond acceptors (Lipinski definition) is 5. The molecule has 160 valence electrons. The Hall–Kier alpha value is -3.04. The summed E-state index contributed by atoms with van der Waals surface area (Å²) in [5.41, 5.74) is 3.61. The van der Waals surface area contributed by atoms with Crippen LogP contribution in [0.25, 0.3) is 0 Å². The minimum Gasteiger partial charge on any atom is -0.443 e. The third-order valence-electron chi connectivity index (χ3n) is 4.88. The molecule has 0 unspecified atom stereocenters. The standard InChI is InChI=1S/C21H16ClF2N3O3S/c22-15-7-11(1-4-16(15)23)26-20(28)14-2-5-17(24)19-13(14)3-6-18(19)27-21(29)30-8-12-9-31-10-25-12/h1-2,4-5,7,9-10,18H,3,6,8H2,(H,26,28)(H,27,29)/t18-/m0/s1. The maximum Gasteiger partial charge on any atom is 0.408 e. The van der Waals surface area contributed by atoms with Crippen molar-refractivity contribution < 1.29 is 23.1 Å². The smallest absolute Gasteiger partial charge is 0.408 e. The Bertz CT molecular complexity index is 1140. The average Bonchev–Trinajstić information content (AvgIpc) is 3.40. The quantitative estimate of drug-likeness (QED) is 0.542. The molecule has 6 nitrogen and oxygen atoms in total. The Balaban J connectivity index is 1.48. The average molecular weight is 464 g/mol. The summed E-state index contributed by atoms with van der Waals surface area (Å²) in [7, 11) is 0. The van der Waals surface area contributed by atoms with Crippen LogP contribution >= 0.6 is 22.9 Å². The molecule has 0 fully saturated rings. The molecule has 31 heavy (non-hydrogen) atoms. The van der Waals surface area contributed by atoms with Gasteiger partial charge in [-0.3, -0.25) is 4.79 Å². The summed E-state index contributed by atoms with van der Waals surface area (Å²) in [4.78, 5) is 28.9. The number of benzene rings is 2. The summed E-state index contributed by atoms with van der Waals surface area (Å²) < 4.78 is 33.0. The fourth-order valence-electron chi connectivity index (χ4n) is 3.48. The van der Waals surface area contributed by atoms with E-state index in [0.29, 0.717) is 29.8 Å². The lowest BCUT2D eigenvalue weighted by atomic mass is 10.0. The van der Waals surface area contributed by atoms with Crippen molar-refractivity contribution in [2.45, 2.75) is 25.5 Å². The number of halogens is 3. The molecule has 0 radical (unpaired) electrons. The van der Waals surface area contributed by atoms with Crippen LogP contribution in [0.15, 0.2) is 41.2 Å². The fourth-order valence-corrected chi connectivity index (χ4v) is 4.20. The van der Waals surface area contributed by atoms with Crippen molar-refractivity contribution in [3.05, 3.63) is 80.3 Å². The molecule has 4 rings (SSSR count). The second-order valence-corrected chi connectivity index (χ2v) is 7.99. The van der Waals surface area contributed by atoms with Crippen LogP contribution in [0.3, 0.4) is 0 Å². The van der Waals surface area contributed by atoms with Gasteiger partial charge in [0, 0.05) is 22.2 Å². The van der Waals surface area contributed by atoms with E-state index in [-0.39, 0.29) is 22.8 Å². The zero-order valence-corrected chi connectivity index (χ0v) is 17.5. The van der Waals surface area contributed by atoms with Gasteiger partial charge in [-0.05, 0) is 48.7 Å². The molecule has 3 aromatic rings. The van der Waals surface area contributed by atoms with Gasteiger partial charge in [-0.25, -0.2) is 18.6 Å². The number of amides is 2. The number of hydrogen-bond donors (Lipinski definition) is 2. The van der Waals surface area contributed by atoms with Gasteiger partial charge < -0.3 is 15.4 Å². The lowest BCUT2D eigenvalue weighted by Gasteiger charge is -2.16. The van der Waals surface area contributed by atoms with Gasteiger partial charge in [-0.2, -0.15) is 0 Å². The Morgan fingerprint density at radius 2 is 2.03 bits per heavy atom. The number of fused-ring (bicyclic) bond motifs is 1. The number of carbonyl (C=O) groups excluding carboxylic acids is 2. The maximum absolute atomic E-state index is 14.6. The molecule has 0 saturated carbocycles. The topological polar surface area (TPSA) is 80.3 Å². The highest BCUT2D eigenvalue weighted by Gasteiger charge is 2.31. The summed E-state index contributed by atoms with van der Waals surface area (Å²) in [5, 5.41) is 6.93.